The molecule has 162 valence electrons. The van der Waals surface area contributed by atoms with Crippen LogP contribution in [-0.4, -0.2) is 28.3 Å². The molecule has 0 aliphatic carbocycles. The average Bonchev–Trinajstić information content (AvgIpc) is 3.00. The maximum Gasteiger partial charge on any atom is 0.278 e. The zero-order valence-corrected chi connectivity index (χ0v) is 18.4. The van der Waals surface area contributed by atoms with Crippen LogP contribution in [0.15, 0.2) is 72.6 Å². The molecular weight excluding hydrogens is 402 g/mol. The fourth-order valence-corrected chi connectivity index (χ4v) is 3.78. The van der Waals surface area contributed by atoms with Crippen molar-refractivity contribution < 1.29 is 14.3 Å². The van der Waals surface area contributed by atoms with Crippen LogP contribution in [0.4, 0.5) is 5.69 Å². The number of aromatic nitrogens is 1. The maximum absolute atomic E-state index is 13.5. The molecule has 6 heteroatoms. The topological polar surface area (TPSA) is 71.5 Å². The molecule has 0 bridgehead atoms. The van der Waals surface area contributed by atoms with Gasteiger partial charge in [0.15, 0.2) is 0 Å². The number of hydrogen-bond acceptors (Lipinski definition) is 5. The molecule has 32 heavy (non-hydrogen) atoms. The Balaban J connectivity index is 1.73. The first kappa shape index (κ1) is 21.3. The van der Waals surface area contributed by atoms with E-state index in [-0.39, 0.29) is 24.1 Å². The van der Waals surface area contributed by atoms with Crippen LogP contribution in [0, 0.1) is 13.8 Å². The summed E-state index contributed by atoms with van der Waals surface area (Å²) in [6, 6.07) is 18.6. The number of anilines is 1. The van der Waals surface area contributed by atoms with E-state index in [1.165, 1.54) is 4.90 Å². The van der Waals surface area contributed by atoms with Gasteiger partial charge in [0.2, 0.25) is 0 Å². The largest absolute Gasteiger partial charge is 0.494 e. The first-order valence-corrected chi connectivity index (χ1v) is 10.6. The van der Waals surface area contributed by atoms with Crippen LogP contribution in [0.5, 0.6) is 5.75 Å². The zero-order chi connectivity index (χ0) is 22.7. The molecule has 1 aliphatic rings. The normalized spacial score (nSPS) is 13.7. The van der Waals surface area contributed by atoms with Gasteiger partial charge in [-0.3, -0.25) is 19.5 Å². The Morgan fingerprint density at radius 1 is 0.969 bits per heavy atom. The molecule has 2 amide bonds. The molecule has 1 aromatic heterocycles. The number of carbonyl (C=O) groups excluding carboxylic acids is 2. The van der Waals surface area contributed by atoms with Crippen molar-refractivity contribution in [3.8, 4) is 5.75 Å². The van der Waals surface area contributed by atoms with Crippen molar-refractivity contribution in [1.29, 1.82) is 0 Å². The van der Waals surface area contributed by atoms with Crippen LogP contribution in [0.3, 0.4) is 0 Å². The summed E-state index contributed by atoms with van der Waals surface area (Å²) >= 11 is 0. The molecule has 0 unspecified atom stereocenters. The van der Waals surface area contributed by atoms with Crippen LogP contribution >= 0.6 is 0 Å². The number of amides is 2. The summed E-state index contributed by atoms with van der Waals surface area (Å²) in [5.41, 5.74) is 4.76. The molecule has 0 atom stereocenters. The minimum absolute atomic E-state index is 0.112. The van der Waals surface area contributed by atoms with Gasteiger partial charge in [0, 0.05) is 11.9 Å². The van der Waals surface area contributed by atoms with Gasteiger partial charge >= 0.3 is 0 Å². The number of imide groups is 1. The highest BCUT2D eigenvalue weighted by Gasteiger charge is 2.39. The van der Waals surface area contributed by atoms with Gasteiger partial charge in [-0.25, -0.2) is 0 Å². The van der Waals surface area contributed by atoms with Crippen LogP contribution in [0.2, 0.25) is 0 Å². The summed E-state index contributed by atoms with van der Waals surface area (Å²) in [7, 11) is 0. The van der Waals surface area contributed by atoms with Gasteiger partial charge in [-0.1, -0.05) is 29.8 Å². The predicted octanol–water partition coefficient (Wildman–Crippen LogP) is 4.49. The fourth-order valence-electron chi connectivity index (χ4n) is 3.78. The van der Waals surface area contributed by atoms with Gasteiger partial charge in [0.05, 0.1) is 24.4 Å². The molecule has 1 N–H and O–H groups in total. The minimum atomic E-state index is -0.371. The third-order valence-corrected chi connectivity index (χ3v) is 5.30. The molecule has 2 aromatic carbocycles. The maximum atomic E-state index is 13.5. The number of pyridine rings is 1. The predicted molar refractivity (Wildman–Crippen MR) is 124 cm³/mol. The lowest BCUT2D eigenvalue weighted by molar-refractivity contribution is -0.137. The third-order valence-electron chi connectivity index (χ3n) is 5.30. The van der Waals surface area contributed by atoms with Gasteiger partial charge in [-0.2, -0.15) is 0 Å². The molecule has 1 aliphatic heterocycles. The monoisotopic (exact) mass is 427 g/mol. The van der Waals surface area contributed by atoms with Gasteiger partial charge < -0.3 is 10.1 Å². The lowest BCUT2D eigenvalue weighted by Gasteiger charge is -2.15. The van der Waals surface area contributed by atoms with Crippen molar-refractivity contribution in [2.45, 2.75) is 27.3 Å². The highest BCUT2D eigenvalue weighted by Crippen LogP contribution is 2.33. The number of carbonyl (C=O) groups is 2. The molecule has 3 aromatic rings. The summed E-state index contributed by atoms with van der Waals surface area (Å²) in [4.78, 5) is 32.4. The quantitative estimate of drug-likeness (QED) is 0.563. The Kier molecular flexibility index (Phi) is 6.03. The number of hydrogen-bond donors (Lipinski definition) is 1. The van der Waals surface area contributed by atoms with Gasteiger partial charge in [0.1, 0.15) is 11.4 Å². The highest BCUT2D eigenvalue weighted by atomic mass is 16.5. The molecule has 0 saturated heterocycles. The standard InChI is InChI=1S/C26H25N3O3/c1-4-32-21-11-9-19(10-12-21)28-24-23(22-13-8-17(2)15-18(22)3)25(30)29(26(24)31)16-20-7-5-6-14-27-20/h5-15,28H,4,16H2,1-3H3. The summed E-state index contributed by atoms with van der Waals surface area (Å²) in [5, 5.41) is 3.19. The molecule has 0 spiro atoms. The van der Waals surface area contributed by atoms with E-state index in [2.05, 4.69) is 10.3 Å². The summed E-state index contributed by atoms with van der Waals surface area (Å²) in [6.45, 7) is 6.56. The fraction of sp³-hybridized carbons (Fsp3) is 0.192. The SMILES string of the molecule is CCOc1ccc(NC2=C(c3ccc(C)cc3C)C(=O)N(Cc3ccccn3)C2=O)cc1. The van der Waals surface area contributed by atoms with E-state index in [0.29, 0.717) is 23.6 Å². The van der Waals surface area contributed by atoms with Crippen LogP contribution in [-0.2, 0) is 16.1 Å². The Hall–Kier alpha value is -3.93. The van der Waals surface area contributed by atoms with E-state index < -0.39 is 0 Å². The van der Waals surface area contributed by atoms with E-state index in [1.807, 2.05) is 69.3 Å². The Bertz CT molecular complexity index is 1180. The van der Waals surface area contributed by atoms with E-state index in [0.717, 1.165) is 22.4 Å². The van der Waals surface area contributed by atoms with Crippen molar-refractivity contribution in [3.05, 3.63) is 94.9 Å². The van der Waals surface area contributed by atoms with Gasteiger partial charge in [-0.15, -0.1) is 0 Å². The molecular formula is C26H25N3O3. The zero-order valence-electron chi connectivity index (χ0n) is 18.4. The van der Waals surface area contributed by atoms with E-state index in [9.17, 15) is 9.59 Å². The Morgan fingerprint density at radius 2 is 1.75 bits per heavy atom. The number of rotatable bonds is 7. The van der Waals surface area contributed by atoms with Crippen LogP contribution < -0.4 is 10.1 Å². The van der Waals surface area contributed by atoms with Gasteiger partial charge in [0.25, 0.3) is 11.8 Å². The Labute approximate surface area is 187 Å². The number of nitrogens with one attached hydrogen (secondary N) is 1. The number of benzene rings is 2. The first-order chi connectivity index (χ1) is 15.5. The minimum Gasteiger partial charge on any atom is -0.494 e. The molecule has 4 rings (SSSR count). The average molecular weight is 428 g/mol. The third kappa shape index (κ3) is 4.25. The van der Waals surface area contributed by atoms with Crippen molar-refractivity contribution >= 4 is 23.1 Å². The molecule has 0 fully saturated rings. The number of nitrogens with zero attached hydrogens (tertiary/aromatic N) is 2. The van der Waals surface area contributed by atoms with Gasteiger partial charge in [-0.05, 0) is 68.3 Å². The summed E-state index contributed by atoms with van der Waals surface area (Å²) < 4.78 is 5.49. The molecule has 0 saturated carbocycles. The lowest BCUT2D eigenvalue weighted by atomic mass is 9.97. The van der Waals surface area contributed by atoms with Crippen LogP contribution in [0.25, 0.3) is 5.57 Å². The second-order valence-corrected chi connectivity index (χ2v) is 7.67. The lowest BCUT2D eigenvalue weighted by Crippen LogP contribution is -2.32. The van der Waals surface area contributed by atoms with E-state index in [4.69, 9.17) is 4.74 Å². The number of aryl methyl sites for hydroxylation is 2. The summed E-state index contributed by atoms with van der Waals surface area (Å²) in [6.07, 6.45) is 1.65. The second kappa shape index (κ2) is 9.06. The highest BCUT2D eigenvalue weighted by molar-refractivity contribution is 6.36. The van der Waals surface area contributed by atoms with Crippen molar-refractivity contribution in [1.82, 2.24) is 9.88 Å². The Morgan fingerprint density at radius 3 is 2.41 bits per heavy atom. The molecule has 6 nitrogen and oxygen atoms in total. The first-order valence-electron chi connectivity index (χ1n) is 10.6. The van der Waals surface area contributed by atoms with Crippen molar-refractivity contribution in [3.63, 3.8) is 0 Å². The number of ether oxygens (including phenoxy) is 1. The van der Waals surface area contributed by atoms with E-state index in [1.54, 1.807) is 18.3 Å². The summed E-state index contributed by atoms with van der Waals surface area (Å²) in [5.74, 6) is 0.0396. The van der Waals surface area contributed by atoms with E-state index >= 15 is 0 Å². The van der Waals surface area contributed by atoms with Crippen molar-refractivity contribution in [2.24, 2.45) is 0 Å². The van der Waals surface area contributed by atoms with Crippen LogP contribution in [0.1, 0.15) is 29.3 Å². The van der Waals surface area contributed by atoms with Crippen molar-refractivity contribution in [2.75, 3.05) is 11.9 Å². The molecule has 2 heterocycles. The molecule has 0 radical (unpaired) electrons. The smallest absolute Gasteiger partial charge is 0.278 e. The second-order valence-electron chi connectivity index (χ2n) is 7.67.